The van der Waals surface area contributed by atoms with Gasteiger partial charge in [0.15, 0.2) is 0 Å². The van der Waals surface area contributed by atoms with Crippen LogP contribution in [0.15, 0.2) is 30.3 Å². The number of hydrogen-bond acceptors (Lipinski definition) is 4. The maximum absolute atomic E-state index is 12.5. The Morgan fingerprint density at radius 2 is 1.76 bits per heavy atom. The van der Waals surface area contributed by atoms with Crippen LogP contribution in [0.3, 0.4) is 0 Å². The summed E-state index contributed by atoms with van der Waals surface area (Å²) in [7, 11) is -3.19. The Morgan fingerprint density at radius 1 is 1.14 bits per heavy atom. The number of rotatable bonds is 6. The second-order valence-corrected chi connectivity index (χ2v) is 7.63. The second-order valence-electron chi connectivity index (χ2n) is 5.62. The van der Waals surface area contributed by atoms with Crippen LogP contribution < -0.4 is 5.73 Å². The van der Waals surface area contributed by atoms with E-state index in [1.54, 1.807) is 4.31 Å². The molecule has 1 fully saturated rings. The number of nitrogens with two attached hydrogens (primary N) is 1. The third kappa shape index (κ3) is 4.51. The van der Waals surface area contributed by atoms with Gasteiger partial charge in [-0.05, 0) is 11.5 Å². The normalized spacial score (nSPS) is 19.5. The molecule has 1 aromatic carbocycles. The van der Waals surface area contributed by atoms with Gasteiger partial charge in [-0.2, -0.15) is 4.31 Å². The molecular weight excluding hydrogens is 286 g/mol. The van der Waals surface area contributed by atoms with E-state index in [9.17, 15) is 8.42 Å². The first-order valence-electron chi connectivity index (χ1n) is 7.48. The molecule has 2 N–H and O–H groups in total. The third-order valence-electron chi connectivity index (χ3n) is 4.00. The van der Waals surface area contributed by atoms with Gasteiger partial charge in [-0.1, -0.05) is 37.3 Å². The minimum absolute atomic E-state index is 0.0123. The summed E-state index contributed by atoms with van der Waals surface area (Å²) in [5.41, 5.74) is 6.61. The Morgan fingerprint density at radius 3 is 2.33 bits per heavy atom. The minimum atomic E-state index is -3.19. The lowest BCUT2D eigenvalue weighted by Crippen LogP contribution is -2.50. The predicted octanol–water partition coefficient (Wildman–Crippen LogP) is 0.696. The molecule has 0 aliphatic carbocycles. The van der Waals surface area contributed by atoms with Crippen LogP contribution in [0.1, 0.15) is 18.4 Å². The van der Waals surface area contributed by atoms with Gasteiger partial charge in [-0.25, -0.2) is 8.42 Å². The number of benzene rings is 1. The SMILES string of the molecule is CC(CS(=O)(=O)N1CCN(CCN)CC1)c1ccccc1. The summed E-state index contributed by atoms with van der Waals surface area (Å²) in [6, 6.07) is 9.81. The molecule has 21 heavy (non-hydrogen) atoms. The van der Waals surface area contributed by atoms with Gasteiger partial charge in [0, 0.05) is 39.3 Å². The molecule has 6 heteroatoms. The van der Waals surface area contributed by atoms with Gasteiger partial charge >= 0.3 is 0 Å². The summed E-state index contributed by atoms with van der Waals surface area (Å²) in [5.74, 6) is 0.187. The molecule has 1 aromatic rings. The lowest BCUT2D eigenvalue weighted by atomic mass is 10.0. The van der Waals surface area contributed by atoms with Crippen LogP contribution in [0, 0.1) is 0 Å². The lowest BCUT2D eigenvalue weighted by molar-refractivity contribution is 0.192. The predicted molar refractivity (Wildman–Crippen MR) is 85.7 cm³/mol. The molecule has 0 aromatic heterocycles. The maximum atomic E-state index is 12.5. The van der Waals surface area contributed by atoms with E-state index in [1.165, 1.54) is 0 Å². The lowest BCUT2D eigenvalue weighted by Gasteiger charge is -2.34. The molecule has 0 bridgehead atoms. The van der Waals surface area contributed by atoms with E-state index in [1.807, 2.05) is 37.3 Å². The molecule has 1 aliphatic rings. The molecule has 0 radical (unpaired) electrons. The van der Waals surface area contributed by atoms with Crippen molar-refractivity contribution in [3.05, 3.63) is 35.9 Å². The summed E-state index contributed by atoms with van der Waals surface area (Å²) in [6.45, 7) is 6.13. The molecular formula is C15H25N3O2S. The largest absolute Gasteiger partial charge is 0.329 e. The molecule has 0 amide bonds. The summed E-state index contributed by atoms with van der Waals surface area (Å²) in [6.07, 6.45) is 0. The van der Waals surface area contributed by atoms with Crippen LogP contribution in [0.5, 0.6) is 0 Å². The summed E-state index contributed by atoms with van der Waals surface area (Å²) in [4.78, 5) is 2.21. The van der Waals surface area contributed by atoms with Crippen LogP contribution in [0.2, 0.25) is 0 Å². The van der Waals surface area contributed by atoms with Gasteiger partial charge < -0.3 is 5.73 Å². The molecule has 0 spiro atoms. The summed E-state index contributed by atoms with van der Waals surface area (Å²) < 4.78 is 26.7. The zero-order valence-corrected chi connectivity index (χ0v) is 13.4. The first kappa shape index (κ1) is 16.4. The standard InChI is InChI=1S/C15H25N3O2S/c1-14(15-5-3-2-4-6-15)13-21(19,20)18-11-9-17(8-7-16)10-12-18/h2-6,14H,7-13,16H2,1H3. The quantitative estimate of drug-likeness (QED) is 0.840. The average Bonchev–Trinajstić information content (AvgIpc) is 2.48. The molecule has 1 aliphatic heterocycles. The highest BCUT2D eigenvalue weighted by molar-refractivity contribution is 7.89. The number of sulfonamides is 1. The topological polar surface area (TPSA) is 66.6 Å². The van der Waals surface area contributed by atoms with E-state index in [2.05, 4.69) is 4.90 Å². The first-order chi connectivity index (χ1) is 10.0. The van der Waals surface area contributed by atoms with Crippen LogP contribution in [-0.4, -0.2) is 62.6 Å². The molecule has 1 unspecified atom stereocenters. The third-order valence-corrected chi connectivity index (χ3v) is 6.07. The van der Waals surface area contributed by atoms with Crippen LogP contribution in [0.4, 0.5) is 0 Å². The van der Waals surface area contributed by atoms with Gasteiger partial charge in [0.1, 0.15) is 0 Å². The highest BCUT2D eigenvalue weighted by Gasteiger charge is 2.28. The summed E-state index contributed by atoms with van der Waals surface area (Å²) >= 11 is 0. The summed E-state index contributed by atoms with van der Waals surface area (Å²) in [5, 5.41) is 0. The fraction of sp³-hybridized carbons (Fsp3) is 0.600. The average molecular weight is 311 g/mol. The number of piperazine rings is 1. The van der Waals surface area contributed by atoms with Crippen molar-refractivity contribution in [2.45, 2.75) is 12.8 Å². The van der Waals surface area contributed by atoms with Crippen molar-refractivity contribution >= 4 is 10.0 Å². The van der Waals surface area contributed by atoms with E-state index >= 15 is 0 Å². The Kier molecular flexibility index (Phi) is 5.75. The first-order valence-corrected chi connectivity index (χ1v) is 9.09. The van der Waals surface area contributed by atoms with Crippen LogP contribution in [-0.2, 0) is 10.0 Å². The number of nitrogens with zero attached hydrogens (tertiary/aromatic N) is 2. The second kappa shape index (κ2) is 7.35. The van der Waals surface area contributed by atoms with E-state index in [0.717, 1.165) is 25.2 Å². The zero-order valence-electron chi connectivity index (χ0n) is 12.6. The van der Waals surface area contributed by atoms with Crippen molar-refractivity contribution in [1.82, 2.24) is 9.21 Å². The smallest absolute Gasteiger partial charge is 0.214 e. The molecule has 118 valence electrons. The van der Waals surface area contributed by atoms with E-state index < -0.39 is 10.0 Å². The maximum Gasteiger partial charge on any atom is 0.214 e. The number of hydrogen-bond donors (Lipinski definition) is 1. The highest BCUT2D eigenvalue weighted by Crippen LogP contribution is 2.19. The van der Waals surface area contributed by atoms with Gasteiger partial charge in [0.2, 0.25) is 10.0 Å². The molecule has 1 atom stereocenters. The van der Waals surface area contributed by atoms with E-state index in [0.29, 0.717) is 19.6 Å². The van der Waals surface area contributed by atoms with Crippen molar-refractivity contribution in [1.29, 1.82) is 0 Å². The molecule has 0 saturated carbocycles. The molecule has 1 saturated heterocycles. The van der Waals surface area contributed by atoms with Gasteiger partial charge in [0.25, 0.3) is 0 Å². The van der Waals surface area contributed by atoms with Crippen LogP contribution in [0.25, 0.3) is 0 Å². The highest BCUT2D eigenvalue weighted by atomic mass is 32.2. The van der Waals surface area contributed by atoms with Gasteiger partial charge in [0.05, 0.1) is 5.75 Å². The Labute approximate surface area is 127 Å². The van der Waals surface area contributed by atoms with Gasteiger partial charge in [-0.3, -0.25) is 4.90 Å². The fourth-order valence-electron chi connectivity index (χ4n) is 2.71. The zero-order chi connectivity index (χ0) is 15.3. The van der Waals surface area contributed by atoms with E-state index in [4.69, 9.17) is 5.73 Å². The Balaban J connectivity index is 1.93. The molecule has 5 nitrogen and oxygen atoms in total. The van der Waals surface area contributed by atoms with Crippen LogP contribution >= 0.6 is 0 Å². The molecule has 2 rings (SSSR count). The Hall–Kier alpha value is -0.950. The fourth-order valence-corrected chi connectivity index (χ4v) is 4.47. The van der Waals surface area contributed by atoms with Crippen molar-refractivity contribution in [2.75, 3.05) is 45.0 Å². The van der Waals surface area contributed by atoms with Crippen molar-refractivity contribution in [2.24, 2.45) is 5.73 Å². The van der Waals surface area contributed by atoms with Crippen molar-refractivity contribution in [3.8, 4) is 0 Å². The Bertz CT molecular complexity index is 525. The minimum Gasteiger partial charge on any atom is -0.329 e. The van der Waals surface area contributed by atoms with E-state index in [-0.39, 0.29) is 11.7 Å². The molecule has 1 heterocycles. The van der Waals surface area contributed by atoms with Crippen molar-refractivity contribution in [3.63, 3.8) is 0 Å². The monoisotopic (exact) mass is 311 g/mol. The van der Waals surface area contributed by atoms with Crippen molar-refractivity contribution < 1.29 is 8.42 Å². The van der Waals surface area contributed by atoms with Gasteiger partial charge in [-0.15, -0.1) is 0 Å².